The van der Waals surface area contributed by atoms with Crippen molar-refractivity contribution in [1.82, 2.24) is 14.8 Å². The van der Waals surface area contributed by atoms with Crippen LogP contribution in [0, 0.1) is 25.7 Å². The van der Waals surface area contributed by atoms with E-state index in [-0.39, 0.29) is 11.5 Å². The van der Waals surface area contributed by atoms with Gasteiger partial charge in [-0.05, 0) is 64.5 Å². The molecule has 4 atom stereocenters. The normalized spacial score (nSPS) is 32.0. The van der Waals surface area contributed by atoms with E-state index in [0.29, 0.717) is 17.9 Å². The summed E-state index contributed by atoms with van der Waals surface area (Å²) in [7, 11) is 4.26. The number of hydrogen-bond acceptors (Lipinski definition) is 3. The predicted octanol–water partition coefficient (Wildman–Crippen LogP) is 2.97. The maximum absolute atomic E-state index is 13.3. The number of benzene rings is 1. The van der Waals surface area contributed by atoms with Gasteiger partial charge in [0.15, 0.2) is 0 Å². The Hall–Kier alpha value is -1.85. The molecule has 3 aliphatic rings. The van der Waals surface area contributed by atoms with Crippen molar-refractivity contribution in [3.63, 3.8) is 0 Å². The van der Waals surface area contributed by atoms with Crippen LogP contribution in [-0.4, -0.2) is 66.1 Å². The number of carbonyl (C=O) groups excluding carboxylic acids is 1. The molecule has 27 heavy (non-hydrogen) atoms. The Labute approximate surface area is 160 Å². The molecule has 1 aromatic carbocycles. The van der Waals surface area contributed by atoms with Crippen LogP contribution in [0.5, 0.6) is 0 Å². The van der Waals surface area contributed by atoms with Gasteiger partial charge in [-0.25, -0.2) is 0 Å². The van der Waals surface area contributed by atoms with Crippen LogP contribution in [0.4, 0.5) is 0 Å². The van der Waals surface area contributed by atoms with Gasteiger partial charge in [0.1, 0.15) is 0 Å². The molecule has 1 amide bonds. The molecule has 0 radical (unpaired) electrons. The van der Waals surface area contributed by atoms with Crippen molar-refractivity contribution in [2.24, 2.45) is 11.8 Å². The summed E-state index contributed by atoms with van der Waals surface area (Å²) in [5.74, 6) is 1.17. The van der Waals surface area contributed by atoms with Crippen molar-refractivity contribution in [2.75, 3.05) is 33.7 Å². The third-order valence-electron chi connectivity index (χ3n) is 7.20. The topological polar surface area (TPSA) is 48.6 Å². The average Bonchev–Trinajstić information content (AvgIpc) is 3.35. The first kappa shape index (κ1) is 17.3. The summed E-state index contributed by atoms with van der Waals surface area (Å²) in [6, 6.07) is 6.05. The van der Waals surface area contributed by atoms with E-state index in [4.69, 9.17) is 4.74 Å². The molecule has 0 unspecified atom stereocenters. The Balaban J connectivity index is 1.42. The van der Waals surface area contributed by atoms with Crippen LogP contribution in [0.3, 0.4) is 0 Å². The molecule has 0 aliphatic carbocycles. The Bertz CT molecular complexity index is 918. The second-order valence-electron chi connectivity index (χ2n) is 9.11. The van der Waals surface area contributed by atoms with Gasteiger partial charge in [0.2, 0.25) is 0 Å². The van der Waals surface area contributed by atoms with E-state index in [1.165, 1.54) is 11.3 Å². The van der Waals surface area contributed by atoms with Crippen molar-refractivity contribution in [1.29, 1.82) is 0 Å². The third kappa shape index (κ3) is 2.48. The highest BCUT2D eigenvalue weighted by atomic mass is 16.5. The molecule has 1 N–H and O–H groups in total. The monoisotopic (exact) mass is 367 g/mol. The molecule has 3 aliphatic heterocycles. The van der Waals surface area contributed by atoms with Crippen molar-refractivity contribution >= 4 is 16.8 Å². The molecule has 4 heterocycles. The molecule has 5 heteroatoms. The molecule has 2 aromatic rings. The fourth-order valence-corrected chi connectivity index (χ4v) is 5.79. The minimum absolute atomic E-state index is 0.0916. The fraction of sp³-hybridized carbons (Fsp3) is 0.591. The minimum Gasteiger partial charge on any atom is -0.369 e. The molecule has 0 saturated carbocycles. The van der Waals surface area contributed by atoms with Gasteiger partial charge in [-0.15, -0.1) is 0 Å². The molecule has 5 nitrogen and oxygen atoms in total. The molecular formula is C22H29N3O2. The second-order valence-corrected chi connectivity index (χ2v) is 9.11. The van der Waals surface area contributed by atoms with Crippen LogP contribution in [0.25, 0.3) is 10.9 Å². The zero-order valence-corrected chi connectivity index (χ0v) is 16.7. The van der Waals surface area contributed by atoms with E-state index in [1.807, 2.05) is 17.0 Å². The summed E-state index contributed by atoms with van der Waals surface area (Å²) >= 11 is 0. The van der Waals surface area contributed by atoms with E-state index in [9.17, 15) is 4.79 Å². The van der Waals surface area contributed by atoms with Gasteiger partial charge in [0.25, 0.3) is 5.91 Å². The zero-order valence-electron chi connectivity index (χ0n) is 16.7. The first-order valence-corrected chi connectivity index (χ1v) is 10.1. The lowest BCUT2D eigenvalue weighted by Gasteiger charge is -2.30. The molecular weight excluding hydrogens is 338 g/mol. The fourth-order valence-electron chi connectivity index (χ4n) is 5.79. The Kier molecular flexibility index (Phi) is 3.72. The highest BCUT2D eigenvalue weighted by molar-refractivity contribution is 5.99. The van der Waals surface area contributed by atoms with E-state index in [0.717, 1.165) is 48.9 Å². The summed E-state index contributed by atoms with van der Waals surface area (Å²) in [6.07, 6.45) is 2.63. The Morgan fingerprint density at radius 3 is 2.96 bits per heavy atom. The first-order chi connectivity index (χ1) is 12.9. The number of rotatable bonds is 3. The van der Waals surface area contributed by atoms with Crippen LogP contribution < -0.4 is 0 Å². The van der Waals surface area contributed by atoms with Crippen LogP contribution in [0.1, 0.15) is 34.5 Å². The number of H-pyrrole nitrogens is 1. The quantitative estimate of drug-likeness (QED) is 0.907. The lowest BCUT2D eigenvalue weighted by molar-refractivity contribution is 0.00256. The summed E-state index contributed by atoms with van der Waals surface area (Å²) < 4.78 is 6.48. The third-order valence-corrected chi connectivity index (χ3v) is 7.20. The lowest BCUT2D eigenvalue weighted by atomic mass is 9.73. The number of amides is 1. The summed E-state index contributed by atoms with van der Waals surface area (Å²) in [5.41, 5.74) is 4.20. The maximum atomic E-state index is 13.3. The molecule has 144 valence electrons. The number of likely N-dealkylation sites (tertiary alicyclic amines) is 1. The molecule has 5 rings (SSSR count). The van der Waals surface area contributed by atoms with E-state index < -0.39 is 0 Å². The van der Waals surface area contributed by atoms with Gasteiger partial charge in [0, 0.05) is 47.1 Å². The number of aromatic amines is 1. The average molecular weight is 367 g/mol. The summed E-state index contributed by atoms with van der Waals surface area (Å²) in [6.45, 7) is 6.82. The highest BCUT2D eigenvalue weighted by Crippen LogP contribution is 2.55. The van der Waals surface area contributed by atoms with Crippen molar-refractivity contribution in [3.8, 4) is 0 Å². The number of nitrogens with zero attached hydrogens (tertiary/aromatic N) is 2. The van der Waals surface area contributed by atoms with Crippen LogP contribution in [-0.2, 0) is 4.74 Å². The number of ether oxygens (including phenoxy) is 1. The van der Waals surface area contributed by atoms with Gasteiger partial charge in [-0.1, -0.05) is 0 Å². The highest BCUT2D eigenvalue weighted by Gasteiger charge is 2.63. The van der Waals surface area contributed by atoms with Crippen LogP contribution >= 0.6 is 0 Å². The van der Waals surface area contributed by atoms with Crippen molar-refractivity contribution in [3.05, 3.63) is 35.0 Å². The first-order valence-electron chi connectivity index (χ1n) is 10.1. The van der Waals surface area contributed by atoms with Crippen LogP contribution in [0.2, 0.25) is 0 Å². The molecule has 1 spiro atoms. The Morgan fingerprint density at radius 1 is 1.37 bits per heavy atom. The number of nitrogens with one attached hydrogen (secondary N) is 1. The summed E-state index contributed by atoms with van der Waals surface area (Å²) in [5, 5.41) is 1.15. The van der Waals surface area contributed by atoms with Gasteiger partial charge in [0.05, 0.1) is 18.2 Å². The van der Waals surface area contributed by atoms with Crippen molar-refractivity contribution in [2.45, 2.75) is 38.4 Å². The number of carbonyl (C=O) groups is 1. The van der Waals surface area contributed by atoms with Crippen LogP contribution in [0.15, 0.2) is 18.2 Å². The summed E-state index contributed by atoms with van der Waals surface area (Å²) in [4.78, 5) is 21.0. The van der Waals surface area contributed by atoms with E-state index in [1.54, 1.807) is 0 Å². The van der Waals surface area contributed by atoms with Crippen molar-refractivity contribution < 1.29 is 9.53 Å². The number of fused-ring (bicyclic) bond motifs is 2. The standard InChI is InChI=1S/C22H29N3O2/c1-13-14(2)23-19-6-5-15(9-16(13)19)21(26)25-11-18-17(10-24(3)4)20-7-8-22(18,12-25)27-20/h5-6,9,17-18,20,23H,7-8,10-12H2,1-4H3/t17-,18+,20+,22+/m0/s1. The van der Waals surface area contributed by atoms with Gasteiger partial charge < -0.3 is 19.5 Å². The van der Waals surface area contributed by atoms with Gasteiger partial charge in [-0.2, -0.15) is 0 Å². The predicted molar refractivity (Wildman–Crippen MR) is 106 cm³/mol. The second kappa shape index (κ2) is 5.82. The zero-order chi connectivity index (χ0) is 18.9. The number of hydrogen-bond donors (Lipinski definition) is 1. The number of aryl methyl sites for hydroxylation is 2. The van der Waals surface area contributed by atoms with E-state index in [2.05, 4.69) is 43.9 Å². The van der Waals surface area contributed by atoms with Gasteiger partial charge in [-0.3, -0.25) is 4.79 Å². The largest absolute Gasteiger partial charge is 0.369 e. The molecule has 2 bridgehead atoms. The molecule has 3 saturated heterocycles. The smallest absolute Gasteiger partial charge is 0.253 e. The number of aromatic nitrogens is 1. The Morgan fingerprint density at radius 2 is 2.19 bits per heavy atom. The molecule has 3 fully saturated rings. The maximum Gasteiger partial charge on any atom is 0.253 e. The lowest BCUT2D eigenvalue weighted by Crippen LogP contribution is -2.40. The van der Waals surface area contributed by atoms with E-state index >= 15 is 0 Å². The minimum atomic E-state index is -0.0916. The van der Waals surface area contributed by atoms with Gasteiger partial charge >= 0.3 is 0 Å². The SMILES string of the molecule is Cc1[nH]c2ccc(C(=O)N3C[C@@H]4[C@H](CN(C)C)[C@H]5CC[C@]4(C3)O5)cc2c1C. The molecule has 1 aromatic heterocycles.